The number of rotatable bonds is 8. The molecular weight excluding hydrogens is 438 g/mol. The van der Waals surface area contributed by atoms with Gasteiger partial charge in [0.15, 0.2) is 6.10 Å². The molecule has 1 unspecified atom stereocenters. The van der Waals surface area contributed by atoms with Crippen LogP contribution in [0.3, 0.4) is 0 Å². The van der Waals surface area contributed by atoms with Crippen LogP contribution in [0.2, 0.25) is 5.02 Å². The van der Waals surface area contributed by atoms with Gasteiger partial charge in [-0.3, -0.25) is 14.4 Å². The third kappa shape index (κ3) is 6.08. The van der Waals surface area contributed by atoms with Crippen LogP contribution in [0.25, 0.3) is 0 Å². The molecule has 168 valence electrons. The van der Waals surface area contributed by atoms with Crippen LogP contribution in [0, 0.1) is 11.7 Å². The number of halogens is 2. The van der Waals surface area contributed by atoms with Crippen LogP contribution < -0.4 is 10.6 Å². The van der Waals surface area contributed by atoms with Crippen molar-refractivity contribution in [2.45, 2.75) is 32.3 Å². The largest absolute Gasteiger partial charge is 0.552 e. The van der Waals surface area contributed by atoms with Gasteiger partial charge < -0.3 is 19.9 Å². The second-order valence-corrected chi connectivity index (χ2v) is 8.28. The van der Waals surface area contributed by atoms with E-state index in [1.807, 2.05) is 19.9 Å². The average molecular weight is 461 g/mol. The zero-order valence-electron chi connectivity index (χ0n) is 17.6. The summed E-state index contributed by atoms with van der Waals surface area (Å²) in [6.45, 7) is 3.50. The van der Waals surface area contributed by atoms with Crippen LogP contribution in [-0.2, 0) is 18.9 Å². The van der Waals surface area contributed by atoms with Crippen LogP contribution in [0.4, 0.5) is 4.39 Å². The predicted molar refractivity (Wildman–Crippen MR) is 117 cm³/mol. The minimum absolute atomic E-state index is 0.161. The molecule has 10 heteroatoms. The van der Waals surface area contributed by atoms with E-state index in [9.17, 15) is 18.8 Å². The highest BCUT2D eigenvalue weighted by molar-refractivity contribution is 6.51. The topological polar surface area (TPSA) is 93.7 Å². The summed E-state index contributed by atoms with van der Waals surface area (Å²) >= 11 is 5.80. The van der Waals surface area contributed by atoms with E-state index in [0.29, 0.717) is 12.0 Å². The van der Waals surface area contributed by atoms with Gasteiger partial charge in [0, 0.05) is 5.02 Å². The van der Waals surface area contributed by atoms with Crippen LogP contribution in [0.15, 0.2) is 48.5 Å². The molecule has 1 heterocycles. The van der Waals surface area contributed by atoms with Crippen molar-refractivity contribution in [3.05, 3.63) is 70.5 Å². The Kier molecular flexibility index (Phi) is 7.87. The maximum Gasteiger partial charge on any atom is 0.552 e. The Balaban J connectivity index is 1.61. The third-order valence-corrected chi connectivity index (χ3v) is 5.04. The molecule has 1 saturated heterocycles. The van der Waals surface area contributed by atoms with Gasteiger partial charge in [-0.25, -0.2) is 4.39 Å². The molecule has 2 atom stereocenters. The van der Waals surface area contributed by atoms with Gasteiger partial charge in [-0.15, -0.1) is 0 Å². The highest BCUT2D eigenvalue weighted by Crippen LogP contribution is 2.28. The molecule has 0 aliphatic carbocycles. The van der Waals surface area contributed by atoms with Crippen LogP contribution in [-0.4, -0.2) is 37.4 Å². The van der Waals surface area contributed by atoms with Crippen molar-refractivity contribution >= 4 is 36.5 Å². The quantitative estimate of drug-likeness (QED) is 0.591. The summed E-state index contributed by atoms with van der Waals surface area (Å²) in [5.41, 5.74) is 0.397. The summed E-state index contributed by atoms with van der Waals surface area (Å²) in [5.74, 6) is -3.05. The maximum absolute atomic E-state index is 13.8. The molecule has 2 aromatic carbocycles. The van der Waals surface area contributed by atoms with Gasteiger partial charge >= 0.3 is 13.1 Å². The summed E-state index contributed by atoms with van der Waals surface area (Å²) < 4.78 is 25.0. The first kappa shape index (κ1) is 23.8. The molecule has 1 aliphatic rings. The zero-order chi connectivity index (χ0) is 23.3. The Morgan fingerprint density at radius 1 is 1.19 bits per heavy atom. The predicted octanol–water partition coefficient (Wildman–Crippen LogP) is 3.08. The monoisotopic (exact) mass is 460 g/mol. The van der Waals surface area contributed by atoms with Crippen molar-refractivity contribution in [3.63, 3.8) is 0 Å². The number of amides is 2. The normalized spacial score (nSPS) is 16.6. The van der Waals surface area contributed by atoms with Gasteiger partial charge in [-0.05, 0) is 36.1 Å². The highest BCUT2D eigenvalue weighted by atomic mass is 35.5. The van der Waals surface area contributed by atoms with E-state index in [1.54, 1.807) is 24.3 Å². The summed E-state index contributed by atoms with van der Waals surface area (Å²) in [7, 11) is -0.972. The smallest absolute Gasteiger partial charge is 0.506 e. The first-order valence-electron chi connectivity index (χ1n) is 10.2. The minimum atomic E-state index is -0.972. The van der Waals surface area contributed by atoms with Crippen LogP contribution in [0.5, 0.6) is 0 Å². The summed E-state index contributed by atoms with van der Waals surface area (Å²) in [6, 6.07) is 12.5. The van der Waals surface area contributed by atoms with Crippen molar-refractivity contribution in [2.24, 2.45) is 5.92 Å². The molecule has 0 radical (unpaired) electrons. The molecule has 2 amide bonds. The molecule has 2 aromatic rings. The summed E-state index contributed by atoms with van der Waals surface area (Å²) in [5, 5.41) is 5.30. The van der Waals surface area contributed by atoms with E-state index in [4.69, 9.17) is 20.9 Å². The Labute approximate surface area is 190 Å². The minimum Gasteiger partial charge on any atom is -0.506 e. The molecule has 0 bridgehead atoms. The molecule has 32 heavy (non-hydrogen) atoms. The Bertz CT molecular complexity index is 992. The molecule has 3 rings (SSSR count). The number of hydrogen-bond donors (Lipinski definition) is 2. The lowest BCUT2D eigenvalue weighted by Crippen LogP contribution is -2.50. The SMILES string of the molecule is CC(C)C[C@H](NC(=O)CNC(=O)c1cc(Cl)ccc1F)B1OC(=O)C(c2ccccc2)O1. The first-order valence-corrected chi connectivity index (χ1v) is 10.6. The molecule has 0 saturated carbocycles. The van der Waals surface area contributed by atoms with Gasteiger partial charge in [0.05, 0.1) is 18.0 Å². The molecular formula is C22H23BClFN2O5. The maximum atomic E-state index is 13.8. The fourth-order valence-corrected chi connectivity index (χ4v) is 3.52. The standard InChI is InChI=1S/C22H23BClFN2O5/c1-13(2)10-18(23-31-20(22(30)32-23)14-6-4-3-5-7-14)27-19(28)12-26-21(29)16-11-15(24)8-9-17(16)25/h3-9,11,13,18,20H,10,12H2,1-2H3,(H,26,29)(H,27,28)/t18-,20?/m0/s1. The third-order valence-electron chi connectivity index (χ3n) is 4.80. The average Bonchev–Trinajstić information content (AvgIpc) is 3.15. The van der Waals surface area contributed by atoms with Crippen molar-refractivity contribution < 1.29 is 28.1 Å². The van der Waals surface area contributed by atoms with Crippen molar-refractivity contribution in [1.29, 1.82) is 0 Å². The highest BCUT2D eigenvalue weighted by Gasteiger charge is 2.46. The summed E-state index contributed by atoms with van der Waals surface area (Å²) in [6.07, 6.45) is -0.402. The van der Waals surface area contributed by atoms with Gasteiger partial charge in [-0.1, -0.05) is 55.8 Å². The number of benzene rings is 2. The van der Waals surface area contributed by atoms with E-state index in [0.717, 1.165) is 6.07 Å². The van der Waals surface area contributed by atoms with E-state index < -0.39 is 49.3 Å². The molecule has 2 N–H and O–H groups in total. The lowest BCUT2D eigenvalue weighted by molar-refractivity contribution is -0.136. The number of carbonyl (C=O) groups excluding carboxylic acids is 3. The van der Waals surface area contributed by atoms with Crippen LogP contribution in [0.1, 0.15) is 42.3 Å². The molecule has 7 nitrogen and oxygen atoms in total. The van der Waals surface area contributed by atoms with E-state index in [2.05, 4.69) is 10.6 Å². The Morgan fingerprint density at radius 3 is 2.59 bits per heavy atom. The van der Waals surface area contributed by atoms with Gasteiger partial charge in [0.2, 0.25) is 5.91 Å². The number of hydrogen-bond acceptors (Lipinski definition) is 5. The number of carbonyl (C=O) groups is 3. The van der Waals surface area contributed by atoms with Crippen molar-refractivity contribution in [2.75, 3.05) is 6.54 Å². The van der Waals surface area contributed by atoms with Crippen LogP contribution >= 0.6 is 11.6 Å². The van der Waals surface area contributed by atoms with Gasteiger partial charge in [0.25, 0.3) is 5.91 Å². The fourth-order valence-electron chi connectivity index (χ4n) is 3.34. The molecule has 1 aliphatic heterocycles. The fraction of sp³-hybridized carbons (Fsp3) is 0.318. The summed E-state index contributed by atoms with van der Waals surface area (Å²) in [4.78, 5) is 37.0. The number of nitrogens with one attached hydrogen (secondary N) is 2. The Morgan fingerprint density at radius 2 is 1.91 bits per heavy atom. The lowest BCUT2D eigenvalue weighted by Gasteiger charge is -2.21. The van der Waals surface area contributed by atoms with Crippen molar-refractivity contribution in [3.8, 4) is 0 Å². The molecule has 0 aromatic heterocycles. The Hall–Kier alpha value is -2.91. The second kappa shape index (κ2) is 10.6. The van der Waals surface area contributed by atoms with E-state index in [-0.39, 0.29) is 16.5 Å². The molecule has 0 spiro atoms. The van der Waals surface area contributed by atoms with Gasteiger partial charge in [0.1, 0.15) is 5.82 Å². The van der Waals surface area contributed by atoms with E-state index in [1.165, 1.54) is 12.1 Å². The second-order valence-electron chi connectivity index (χ2n) is 7.84. The van der Waals surface area contributed by atoms with Crippen molar-refractivity contribution in [1.82, 2.24) is 10.6 Å². The van der Waals surface area contributed by atoms with Gasteiger partial charge in [-0.2, -0.15) is 0 Å². The zero-order valence-corrected chi connectivity index (χ0v) is 18.4. The lowest BCUT2D eigenvalue weighted by atomic mass is 9.74. The van der Waals surface area contributed by atoms with E-state index >= 15 is 0 Å². The first-order chi connectivity index (χ1) is 15.2. The molecule has 1 fully saturated rings.